The number of fused-ring (bicyclic) bond motifs is 1. The first-order valence-electron chi connectivity index (χ1n) is 9.84. The quantitative estimate of drug-likeness (QED) is 0.613. The molecule has 0 aromatic heterocycles. The molecule has 2 aromatic rings. The zero-order valence-electron chi connectivity index (χ0n) is 17.6. The number of nitrogens with zero attached hydrogens (tertiary/aromatic N) is 2. The third kappa shape index (κ3) is 5.04. The molecule has 1 heterocycles. The number of hydrogen-bond donors (Lipinski definition) is 2. The van der Waals surface area contributed by atoms with Crippen molar-refractivity contribution in [1.82, 2.24) is 15.5 Å². The minimum absolute atomic E-state index is 0.156. The number of rotatable bonds is 5. The van der Waals surface area contributed by atoms with Gasteiger partial charge >= 0.3 is 0 Å². The second kappa shape index (κ2) is 8.65. The molecule has 5 heteroatoms. The first-order chi connectivity index (χ1) is 13.4. The van der Waals surface area contributed by atoms with Crippen molar-refractivity contribution >= 4 is 5.96 Å². The Balaban J connectivity index is 1.71. The second-order valence-electron chi connectivity index (χ2n) is 8.23. The van der Waals surface area contributed by atoms with Crippen LogP contribution in [0.25, 0.3) is 0 Å². The SMILES string of the molecule is CN=C(NCc1ccccc1CN(C)C)NC1CC(C)(C)Oc2ccccc21. The molecule has 0 saturated heterocycles. The van der Waals surface area contributed by atoms with E-state index in [-0.39, 0.29) is 11.6 Å². The van der Waals surface area contributed by atoms with Crippen molar-refractivity contribution in [2.45, 2.75) is 45.0 Å². The lowest BCUT2D eigenvalue weighted by Gasteiger charge is -2.38. The molecule has 1 aliphatic rings. The topological polar surface area (TPSA) is 48.9 Å². The Morgan fingerprint density at radius 1 is 1.11 bits per heavy atom. The molecule has 1 unspecified atom stereocenters. The monoisotopic (exact) mass is 380 g/mol. The highest BCUT2D eigenvalue weighted by Gasteiger charge is 2.33. The summed E-state index contributed by atoms with van der Waals surface area (Å²) < 4.78 is 6.14. The molecule has 0 spiro atoms. The minimum atomic E-state index is -0.219. The third-order valence-corrected chi connectivity index (χ3v) is 4.96. The summed E-state index contributed by atoms with van der Waals surface area (Å²) in [4.78, 5) is 6.64. The van der Waals surface area contributed by atoms with E-state index in [0.717, 1.165) is 31.2 Å². The summed E-state index contributed by atoms with van der Waals surface area (Å²) in [6.45, 7) is 5.92. The fraction of sp³-hybridized carbons (Fsp3) is 0.435. The van der Waals surface area contributed by atoms with Crippen LogP contribution in [0, 0.1) is 0 Å². The largest absolute Gasteiger partial charge is 0.487 e. The van der Waals surface area contributed by atoms with Gasteiger partial charge in [-0.25, -0.2) is 0 Å². The van der Waals surface area contributed by atoms with Crippen molar-refractivity contribution in [3.63, 3.8) is 0 Å². The van der Waals surface area contributed by atoms with Crippen LogP contribution < -0.4 is 15.4 Å². The Labute approximate surface area is 168 Å². The molecular formula is C23H32N4O. The van der Waals surface area contributed by atoms with Gasteiger partial charge < -0.3 is 20.3 Å². The van der Waals surface area contributed by atoms with E-state index < -0.39 is 0 Å². The number of aliphatic imine (C=N–C) groups is 1. The molecule has 0 bridgehead atoms. The molecule has 0 radical (unpaired) electrons. The summed E-state index contributed by atoms with van der Waals surface area (Å²) >= 11 is 0. The van der Waals surface area contributed by atoms with Gasteiger partial charge in [-0.05, 0) is 45.1 Å². The van der Waals surface area contributed by atoms with Crippen LogP contribution in [0.2, 0.25) is 0 Å². The summed E-state index contributed by atoms with van der Waals surface area (Å²) in [7, 11) is 6.00. The number of guanidine groups is 1. The maximum Gasteiger partial charge on any atom is 0.191 e. The zero-order chi connectivity index (χ0) is 20.1. The van der Waals surface area contributed by atoms with Crippen LogP contribution in [0.15, 0.2) is 53.5 Å². The van der Waals surface area contributed by atoms with Crippen LogP contribution in [0.3, 0.4) is 0 Å². The molecule has 0 amide bonds. The Morgan fingerprint density at radius 3 is 2.50 bits per heavy atom. The first kappa shape index (κ1) is 20.2. The lowest BCUT2D eigenvalue weighted by atomic mass is 9.90. The molecule has 0 aliphatic carbocycles. The number of nitrogens with one attached hydrogen (secondary N) is 2. The summed E-state index contributed by atoms with van der Waals surface area (Å²) in [6.07, 6.45) is 0.877. The van der Waals surface area contributed by atoms with Crippen LogP contribution >= 0.6 is 0 Å². The van der Waals surface area contributed by atoms with Gasteiger partial charge in [-0.1, -0.05) is 42.5 Å². The van der Waals surface area contributed by atoms with Crippen LogP contribution in [0.5, 0.6) is 5.75 Å². The van der Waals surface area contributed by atoms with E-state index in [4.69, 9.17) is 4.74 Å². The average molecular weight is 381 g/mol. The van der Waals surface area contributed by atoms with E-state index in [0.29, 0.717) is 0 Å². The third-order valence-electron chi connectivity index (χ3n) is 4.96. The Morgan fingerprint density at radius 2 is 1.79 bits per heavy atom. The molecule has 28 heavy (non-hydrogen) atoms. The highest BCUT2D eigenvalue weighted by atomic mass is 16.5. The van der Waals surface area contributed by atoms with Crippen molar-refractivity contribution in [2.75, 3.05) is 21.1 Å². The van der Waals surface area contributed by atoms with Crippen molar-refractivity contribution in [1.29, 1.82) is 0 Å². The molecule has 1 aliphatic heterocycles. The van der Waals surface area contributed by atoms with Crippen LogP contribution in [-0.4, -0.2) is 37.6 Å². The van der Waals surface area contributed by atoms with Crippen molar-refractivity contribution in [3.05, 3.63) is 65.2 Å². The van der Waals surface area contributed by atoms with Crippen molar-refractivity contribution in [2.24, 2.45) is 4.99 Å². The summed E-state index contributed by atoms with van der Waals surface area (Å²) in [6, 6.07) is 16.9. The smallest absolute Gasteiger partial charge is 0.191 e. The van der Waals surface area contributed by atoms with Gasteiger partial charge in [0.05, 0.1) is 6.04 Å². The van der Waals surface area contributed by atoms with E-state index in [2.05, 4.69) is 84.9 Å². The van der Waals surface area contributed by atoms with Gasteiger partial charge in [0, 0.05) is 32.1 Å². The number of ether oxygens (including phenoxy) is 1. The Bertz CT molecular complexity index is 829. The van der Waals surface area contributed by atoms with Gasteiger partial charge in [0.1, 0.15) is 11.4 Å². The van der Waals surface area contributed by atoms with Crippen molar-refractivity contribution < 1.29 is 4.74 Å². The molecule has 1 atom stereocenters. The molecule has 0 fully saturated rings. The fourth-order valence-corrected chi connectivity index (χ4v) is 3.69. The molecule has 3 rings (SSSR count). The standard InChI is InChI=1S/C23H32N4O/c1-23(2)14-20(19-12-8-9-13-21(19)28-23)26-22(24-3)25-15-17-10-6-7-11-18(17)16-27(4)5/h6-13,20H,14-16H2,1-5H3,(H2,24,25,26). The van der Waals surface area contributed by atoms with E-state index in [9.17, 15) is 0 Å². The second-order valence-corrected chi connectivity index (χ2v) is 8.23. The predicted molar refractivity (Wildman–Crippen MR) is 116 cm³/mol. The Hall–Kier alpha value is -2.53. The molecule has 0 saturated carbocycles. The van der Waals surface area contributed by atoms with Gasteiger partial charge in [-0.3, -0.25) is 4.99 Å². The molecular weight excluding hydrogens is 348 g/mol. The van der Waals surface area contributed by atoms with Crippen LogP contribution in [-0.2, 0) is 13.1 Å². The van der Waals surface area contributed by atoms with Crippen molar-refractivity contribution in [3.8, 4) is 5.75 Å². The predicted octanol–water partition coefficient (Wildman–Crippen LogP) is 3.72. The van der Waals surface area contributed by atoms with Gasteiger partial charge in [-0.15, -0.1) is 0 Å². The normalized spacial score (nSPS) is 18.4. The van der Waals surface area contributed by atoms with E-state index in [1.807, 2.05) is 19.2 Å². The van der Waals surface area contributed by atoms with Crippen LogP contribution in [0.4, 0.5) is 0 Å². The van der Waals surface area contributed by atoms with Crippen LogP contribution in [0.1, 0.15) is 43.0 Å². The molecule has 2 aromatic carbocycles. The van der Waals surface area contributed by atoms with E-state index in [1.165, 1.54) is 16.7 Å². The summed E-state index contributed by atoms with van der Waals surface area (Å²) in [5, 5.41) is 7.08. The first-order valence-corrected chi connectivity index (χ1v) is 9.84. The molecule has 5 nitrogen and oxygen atoms in total. The lowest BCUT2D eigenvalue weighted by molar-refractivity contribution is 0.0694. The maximum atomic E-state index is 6.14. The highest BCUT2D eigenvalue weighted by Crippen LogP contribution is 2.39. The number of benzene rings is 2. The zero-order valence-corrected chi connectivity index (χ0v) is 17.6. The minimum Gasteiger partial charge on any atom is -0.487 e. The van der Waals surface area contributed by atoms with Gasteiger partial charge in [0.25, 0.3) is 0 Å². The van der Waals surface area contributed by atoms with Gasteiger partial charge in [-0.2, -0.15) is 0 Å². The molecule has 150 valence electrons. The van der Waals surface area contributed by atoms with Gasteiger partial charge in [0.2, 0.25) is 0 Å². The molecule has 2 N–H and O–H groups in total. The van der Waals surface area contributed by atoms with E-state index in [1.54, 1.807) is 0 Å². The number of para-hydroxylation sites is 1. The highest BCUT2D eigenvalue weighted by molar-refractivity contribution is 5.80. The average Bonchev–Trinajstić information content (AvgIpc) is 2.64. The van der Waals surface area contributed by atoms with Gasteiger partial charge in [0.15, 0.2) is 5.96 Å². The maximum absolute atomic E-state index is 6.14. The summed E-state index contributed by atoms with van der Waals surface area (Å²) in [5.74, 6) is 1.75. The lowest BCUT2D eigenvalue weighted by Crippen LogP contribution is -2.45. The van der Waals surface area contributed by atoms with E-state index >= 15 is 0 Å². The Kier molecular flexibility index (Phi) is 6.25. The fourth-order valence-electron chi connectivity index (χ4n) is 3.69. The summed E-state index contributed by atoms with van der Waals surface area (Å²) in [5.41, 5.74) is 3.57. The number of hydrogen-bond acceptors (Lipinski definition) is 3.